The fraction of sp³-hybridized carbons (Fsp3) is 0.400. The van der Waals surface area contributed by atoms with Gasteiger partial charge >= 0.3 is 0 Å². The molecule has 1 amide bonds. The Balaban J connectivity index is 0.00000153. The first-order valence-electron chi connectivity index (χ1n) is 11.3. The number of nitrogens with zero attached hydrogens (tertiary/aromatic N) is 3. The maximum absolute atomic E-state index is 11.4. The lowest BCUT2D eigenvalue weighted by Crippen LogP contribution is -2.40. The van der Waals surface area contributed by atoms with E-state index in [0.29, 0.717) is 0 Å². The van der Waals surface area contributed by atoms with E-state index in [1.807, 2.05) is 18.0 Å². The van der Waals surface area contributed by atoms with Gasteiger partial charge in [0.2, 0.25) is 6.41 Å². The van der Waals surface area contributed by atoms with Crippen molar-refractivity contribution in [2.45, 2.75) is 31.8 Å². The lowest BCUT2D eigenvalue weighted by atomic mass is 9.97. The summed E-state index contributed by atoms with van der Waals surface area (Å²) in [5.41, 5.74) is 2.54. The van der Waals surface area contributed by atoms with Crippen LogP contribution in [0.25, 0.3) is 0 Å². The van der Waals surface area contributed by atoms with E-state index in [9.17, 15) is 4.79 Å². The van der Waals surface area contributed by atoms with Crippen LogP contribution in [0.15, 0.2) is 76.6 Å². The van der Waals surface area contributed by atoms with E-state index in [1.54, 1.807) is 4.90 Å². The van der Waals surface area contributed by atoms with Gasteiger partial charge in [0.1, 0.15) is 6.17 Å². The summed E-state index contributed by atoms with van der Waals surface area (Å²) in [5, 5.41) is 6.20. The minimum Gasteiger partial charge on any atom is -0.366 e. The molecule has 4 heterocycles. The van der Waals surface area contributed by atoms with Gasteiger partial charge < -0.3 is 15.1 Å². The van der Waals surface area contributed by atoms with Crippen LogP contribution < -0.4 is 5.32 Å². The summed E-state index contributed by atoms with van der Waals surface area (Å²) in [6.07, 6.45) is 16.2. The number of benzene rings is 1. The van der Waals surface area contributed by atoms with E-state index in [4.69, 9.17) is 0 Å². The van der Waals surface area contributed by atoms with Gasteiger partial charge in [-0.05, 0) is 68.5 Å². The summed E-state index contributed by atoms with van der Waals surface area (Å²) in [4.78, 5) is 17.9. The Kier molecular flexibility index (Phi) is 9.38. The molecule has 4 aliphatic rings. The number of carbonyl (C=O) groups excluding carboxylic acids is 1. The van der Waals surface area contributed by atoms with Gasteiger partial charge in [0, 0.05) is 19.3 Å². The van der Waals surface area contributed by atoms with Gasteiger partial charge in [0.25, 0.3) is 0 Å². The van der Waals surface area contributed by atoms with Crippen LogP contribution in [0.4, 0.5) is 0 Å². The van der Waals surface area contributed by atoms with Crippen LogP contribution in [0, 0.1) is 5.92 Å². The molecule has 0 saturated carbocycles. The van der Waals surface area contributed by atoms with E-state index >= 15 is 0 Å². The van der Waals surface area contributed by atoms with Crippen molar-refractivity contribution in [2.75, 3.05) is 26.2 Å². The van der Waals surface area contributed by atoms with Crippen molar-refractivity contribution < 1.29 is 4.79 Å². The molecule has 178 valence electrons. The first-order valence-corrected chi connectivity index (χ1v) is 12.1. The summed E-state index contributed by atoms with van der Waals surface area (Å²) in [6, 6.07) is 10.7. The molecule has 0 spiro atoms. The van der Waals surface area contributed by atoms with Gasteiger partial charge in [-0.15, -0.1) is 24.8 Å². The highest BCUT2D eigenvalue weighted by Gasteiger charge is 2.37. The Bertz CT molecular complexity index is 926. The Hall–Kier alpha value is -1.86. The second kappa shape index (κ2) is 12.0. The number of piperidine rings is 1. The normalized spacial score (nSPS) is 21.4. The molecule has 1 unspecified atom stereocenters. The number of carbonyl (C=O) groups is 1. The van der Waals surface area contributed by atoms with Gasteiger partial charge in [-0.2, -0.15) is 0 Å². The van der Waals surface area contributed by atoms with E-state index in [-0.39, 0.29) is 31.0 Å². The molecule has 1 saturated heterocycles. The van der Waals surface area contributed by atoms with E-state index in [1.165, 1.54) is 34.9 Å². The van der Waals surface area contributed by atoms with Crippen molar-refractivity contribution in [1.82, 2.24) is 20.0 Å². The van der Waals surface area contributed by atoms with Gasteiger partial charge in [0.15, 0.2) is 0 Å². The molecule has 1 N–H and O–H groups in total. The number of hydrogen-bond donors (Lipinski definition) is 1. The zero-order chi connectivity index (χ0) is 21.0. The quantitative estimate of drug-likeness (QED) is 0.408. The molecule has 33 heavy (non-hydrogen) atoms. The number of amides is 1. The molecule has 0 bridgehead atoms. The number of aryl methyl sites for hydroxylation is 1. The van der Waals surface area contributed by atoms with Crippen LogP contribution in [0.1, 0.15) is 24.8 Å². The number of allylic oxidation sites excluding steroid dienone is 3. The number of hydrogen-bond acceptors (Lipinski definition) is 5. The first kappa shape index (κ1) is 25.8. The fourth-order valence-corrected chi connectivity index (χ4v) is 5.93. The van der Waals surface area contributed by atoms with Crippen molar-refractivity contribution in [3.05, 3.63) is 82.2 Å². The van der Waals surface area contributed by atoms with Gasteiger partial charge in [-0.3, -0.25) is 9.69 Å². The highest BCUT2D eigenvalue weighted by atomic mass is 35.5. The lowest BCUT2D eigenvalue weighted by molar-refractivity contribution is -0.117. The molecule has 5 rings (SSSR count). The third kappa shape index (κ3) is 5.80. The number of thioether (sulfide) groups is 1. The molecule has 8 heteroatoms. The Morgan fingerprint density at radius 3 is 2.64 bits per heavy atom. The Morgan fingerprint density at radius 1 is 1.09 bits per heavy atom. The summed E-state index contributed by atoms with van der Waals surface area (Å²) in [6.45, 7) is 4.43. The van der Waals surface area contributed by atoms with Crippen LogP contribution in [-0.4, -0.2) is 53.5 Å². The van der Waals surface area contributed by atoms with Crippen LogP contribution in [-0.2, 0) is 11.2 Å². The van der Waals surface area contributed by atoms with Crippen molar-refractivity contribution in [3.8, 4) is 0 Å². The second-order valence-electron chi connectivity index (χ2n) is 8.59. The number of halogens is 2. The molecule has 1 aromatic carbocycles. The number of rotatable bonds is 8. The number of likely N-dealkylation sites (tertiary alicyclic amines) is 1. The molecule has 5 nitrogen and oxygen atoms in total. The summed E-state index contributed by atoms with van der Waals surface area (Å²) < 4.78 is 0. The van der Waals surface area contributed by atoms with Gasteiger partial charge in [0.05, 0.1) is 15.8 Å². The third-order valence-electron chi connectivity index (χ3n) is 6.51. The molecule has 4 aliphatic heterocycles. The molecule has 1 aromatic rings. The maximum atomic E-state index is 11.4. The van der Waals surface area contributed by atoms with Crippen molar-refractivity contribution >= 4 is 43.0 Å². The highest BCUT2D eigenvalue weighted by Crippen LogP contribution is 2.45. The van der Waals surface area contributed by atoms with Crippen LogP contribution in [0.3, 0.4) is 0 Å². The topological polar surface area (TPSA) is 38.8 Å². The predicted octanol–water partition coefficient (Wildman–Crippen LogP) is 4.71. The highest BCUT2D eigenvalue weighted by molar-refractivity contribution is 8.06. The van der Waals surface area contributed by atoms with E-state index in [2.05, 4.69) is 69.8 Å². The molecular weight excluding hydrogens is 475 g/mol. The minimum absolute atomic E-state index is 0. The molecule has 1 fully saturated rings. The van der Waals surface area contributed by atoms with Crippen LogP contribution in [0.5, 0.6) is 0 Å². The minimum atomic E-state index is -0.00324. The largest absolute Gasteiger partial charge is 0.366 e. The standard InChI is InChI=1S/C25H30N4OS.2ClH/c30-19-28-18-22-16-25(31-24-10-4-9-23(28)29(22)24)27-14-11-21(12-15-27)17-26-13-5-8-20-6-2-1-3-7-20;;/h1-4,6-7,9-10,16,18-19,21,23,26H,5,8,11-15,17H2;2*1H. The average molecular weight is 508 g/mol. The summed E-state index contributed by atoms with van der Waals surface area (Å²) in [7, 11) is 0. The molecule has 0 radical (unpaired) electrons. The van der Waals surface area contributed by atoms with E-state index in [0.717, 1.165) is 50.6 Å². The monoisotopic (exact) mass is 506 g/mol. The second-order valence-corrected chi connectivity index (χ2v) is 9.63. The molecule has 0 aliphatic carbocycles. The predicted molar refractivity (Wildman–Crippen MR) is 141 cm³/mol. The lowest BCUT2D eigenvalue weighted by Gasteiger charge is -2.40. The van der Waals surface area contributed by atoms with Crippen molar-refractivity contribution in [2.24, 2.45) is 5.92 Å². The van der Waals surface area contributed by atoms with Crippen LogP contribution in [0.2, 0.25) is 0 Å². The smallest absolute Gasteiger partial charge is 0.215 e. The summed E-state index contributed by atoms with van der Waals surface area (Å²) in [5.74, 6) is 0.760. The van der Waals surface area contributed by atoms with Crippen molar-refractivity contribution in [1.29, 1.82) is 0 Å². The molecular formula is C25H32Cl2N4OS. The Labute approximate surface area is 213 Å². The number of nitrogens with one attached hydrogen (secondary N) is 1. The van der Waals surface area contributed by atoms with Gasteiger partial charge in [-0.1, -0.05) is 48.2 Å². The van der Waals surface area contributed by atoms with Crippen LogP contribution >= 0.6 is 36.6 Å². The molecule has 1 atom stereocenters. The zero-order valence-electron chi connectivity index (χ0n) is 18.6. The SMILES string of the molecule is Cl.Cl.O=CN1C=C2C=C(N3CCC(CNCCCc4ccccc4)CC3)SC3=CC=CC1N23. The zero-order valence-corrected chi connectivity index (χ0v) is 21.1. The third-order valence-corrected chi connectivity index (χ3v) is 7.64. The summed E-state index contributed by atoms with van der Waals surface area (Å²) >= 11 is 1.83. The van der Waals surface area contributed by atoms with Gasteiger partial charge in [-0.25, -0.2) is 0 Å². The average Bonchev–Trinajstić information content (AvgIpc) is 3.19. The maximum Gasteiger partial charge on any atom is 0.215 e. The van der Waals surface area contributed by atoms with Crippen molar-refractivity contribution in [3.63, 3.8) is 0 Å². The molecule has 0 aromatic heterocycles. The Morgan fingerprint density at radius 2 is 1.88 bits per heavy atom. The first-order chi connectivity index (χ1) is 15.3. The van der Waals surface area contributed by atoms with E-state index < -0.39 is 0 Å². The fourth-order valence-electron chi connectivity index (χ4n) is 4.77.